The maximum atomic E-state index is 12.7. The van der Waals surface area contributed by atoms with Crippen LogP contribution in [0.5, 0.6) is 0 Å². The highest BCUT2D eigenvalue weighted by atomic mass is 16.5. The summed E-state index contributed by atoms with van der Waals surface area (Å²) in [6.45, 7) is 6.27. The number of carbonyl (C=O) groups is 2. The average molecular weight is 364 g/mol. The first-order valence-corrected chi connectivity index (χ1v) is 9.82. The number of ether oxygens (including phenoxy) is 1. The van der Waals surface area contributed by atoms with Crippen LogP contribution in [0.15, 0.2) is 0 Å². The molecule has 0 bridgehead atoms. The molecule has 2 aliphatic rings. The zero-order valence-corrected chi connectivity index (χ0v) is 15.9. The minimum Gasteiger partial charge on any atom is -0.377 e. The van der Waals surface area contributed by atoms with Crippen LogP contribution in [-0.4, -0.2) is 49.7 Å². The summed E-state index contributed by atoms with van der Waals surface area (Å²) in [5.41, 5.74) is 0. The van der Waals surface area contributed by atoms with Crippen molar-refractivity contribution in [3.05, 3.63) is 0 Å². The smallest absolute Gasteiger partial charge is 0.238 e. The number of hydrogen-bond acceptors (Lipinski definition) is 5. The third kappa shape index (κ3) is 6.58. The van der Waals surface area contributed by atoms with E-state index in [1.54, 1.807) is 0 Å². The average Bonchev–Trinajstić information content (AvgIpc) is 3.12. The molecule has 0 aromatic rings. The predicted octanol–water partition coefficient (Wildman–Crippen LogP) is 1.09. The maximum absolute atomic E-state index is 12.7. The van der Waals surface area contributed by atoms with Crippen LogP contribution in [-0.2, 0) is 14.3 Å². The molecule has 7 heteroatoms. The van der Waals surface area contributed by atoms with Gasteiger partial charge in [0.15, 0.2) is 0 Å². The van der Waals surface area contributed by atoms with Crippen LogP contribution in [0.4, 0.5) is 0 Å². The van der Waals surface area contributed by atoms with E-state index in [4.69, 9.17) is 4.74 Å². The molecule has 2 heterocycles. The normalized spacial score (nSPS) is 25.4. The van der Waals surface area contributed by atoms with Crippen LogP contribution < -0.4 is 16.0 Å². The zero-order chi connectivity index (χ0) is 18.9. The van der Waals surface area contributed by atoms with Gasteiger partial charge in [0.1, 0.15) is 6.04 Å². The molecule has 146 valence electrons. The number of hydrogen-bond donors (Lipinski definition) is 3. The lowest BCUT2D eigenvalue weighted by Gasteiger charge is -2.26. The largest absolute Gasteiger partial charge is 0.377 e. The van der Waals surface area contributed by atoms with E-state index in [1.807, 2.05) is 0 Å². The second kappa shape index (κ2) is 10.5. The molecule has 7 nitrogen and oxygen atoms in total. The second-order valence-corrected chi connectivity index (χ2v) is 7.78. The molecule has 0 aliphatic carbocycles. The van der Waals surface area contributed by atoms with Crippen LogP contribution in [0.2, 0.25) is 0 Å². The third-order valence-electron chi connectivity index (χ3n) is 5.03. The molecular weight excluding hydrogens is 332 g/mol. The van der Waals surface area contributed by atoms with E-state index in [-0.39, 0.29) is 29.9 Å². The Balaban J connectivity index is 1.87. The third-order valence-corrected chi connectivity index (χ3v) is 5.03. The van der Waals surface area contributed by atoms with Gasteiger partial charge in [-0.05, 0) is 44.4 Å². The van der Waals surface area contributed by atoms with Gasteiger partial charge in [0.25, 0.3) is 0 Å². The highest BCUT2D eigenvalue weighted by molar-refractivity contribution is 5.83. The summed E-state index contributed by atoms with van der Waals surface area (Å²) < 4.78 is 5.61. The standard InChI is InChI=1S/C19H32N4O3/c1-13(2)9-17(22-12-16-6-4-8-26-16)19(25)23-15(11-20)10-14-5-3-7-21-18(14)24/h13-17,22H,3-10,12H2,1-2H3,(H,21,24)(H,23,25)/t14-,15-,16-,17-/m0/s1. The summed E-state index contributed by atoms with van der Waals surface area (Å²) in [6, 6.07) is 1.15. The Morgan fingerprint density at radius 3 is 2.81 bits per heavy atom. The molecule has 0 spiro atoms. The zero-order valence-electron chi connectivity index (χ0n) is 15.9. The fourth-order valence-corrected chi connectivity index (χ4v) is 3.59. The first kappa shape index (κ1) is 20.7. The van der Waals surface area contributed by atoms with Gasteiger partial charge in [0.05, 0.1) is 18.2 Å². The monoisotopic (exact) mass is 364 g/mol. The molecule has 3 N–H and O–H groups in total. The number of rotatable bonds is 9. The van der Waals surface area contributed by atoms with E-state index < -0.39 is 6.04 Å². The molecule has 0 saturated carbocycles. The SMILES string of the molecule is CC(C)C[C@H](NC[C@@H]1CCCO1)C(=O)N[C@H](C#N)C[C@@H]1CCCNC1=O. The molecule has 0 unspecified atom stereocenters. The predicted molar refractivity (Wildman–Crippen MR) is 98.1 cm³/mol. The van der Waals surface area contributed by atoms with Crippen molar-refractivity contribution < 1.29 is 14.3 Å². The highest BCUT2D eigenvalue weighted by Crippen LogP contribution is 2.18. The van der Waals surface area contributed by atoms with Gasteiger partial charge in [-0.2, -0.15) is 5.26 Å². The van der Waals surface area contributed by atoms with Crippen molar-refractivity contribution in [3.8, 4) is 6.07 Å². The number of amides is 2. The van der Waals surface area contributed by atoms with Gasteiger partial charge >= 0.3 is 0 Å². The van der Waals surface area contributed by atoms with Crippen LogP contribution in [0.3, 0.4) is 0 Å². The van der Waals surface area contributed by atoms with Gasteiger partial charge < -0.3 is 20.7 Å². The van der Waals surface area contributed by atoms with Crippen LogP contribution in [0.25, 0.3) is 0 Å². The van der Waals surface area contributed by atoms with Gasteiger partial charge in [-0.25, -0.2) is 0 Å². The first-order valence-electron chi connectivity index (χ1n) is 9.82. The summed E-state index contributed by atoms with van der Waals surface area (Å²) in [7, 11) is 0. The molecule has 0 aromatic heterocycles. The van der Waals surface area contributed by atoms with Crippen molar-refractivity contribution >= 4 is 11.8 Å². The van der Waals surface area contributed by atoms with Crippen molar-refractivity contribution in [3.63, 3.8) is 0 Å². The number of carbonyl (C=O) groups excluding carboxylic acids is 2. The van der Waals surface area contributed by atoms with Crippen molar-refractivity contribution in [2.24, 2.45) is 11.8 Å². The quantitative estimate of drug-likeness (QED) is 0.568. The van der Waals surface area contributed by atoms with E-state index in [0.29, 0.717) is 31.8 Å². The lowest BCUT2D eigenvalue weighted by molar-refractivity contribution is -0.128. The molecule has 2 aliphatic heterocycles. The Hall–Kier alpha value is -1.65. The Kier molecular flexibility index (Phi) is 8.33. The van der Waals surface area contributed by atoms with Crippen molar-refractivity contribution in [2.45, 2.75) is 70.6 Å². The molecule has 0 aromatic carbocycles. The summed E-state index contributed by atoms with van der Waals surface area (Å²) >= 11 is 0. The molecule has 26 heavy (non-hydrogen) atoms. The molecule has 2 amide bonds. The minimum atomic E-state index is -0.643. The summed E-state index contributed by atoms with van der Waals surface area (Å²) in [5.74, 6) is -0.0232. The lowest BCUT2D eigenvalue weighted by Crippen LogP contribution is -2.50. The van der Waals surface area contributed by atoms with Gasteiger partial charge in [-0.3, -0.25) is 9.59 Å². The van der Waals surface area contributed by atoms with E-state index in [0.717, 1.165) is 32.3 Å². The first-order chi connectivity index (χ1) is 12.5. The Morgan fingerprint density at radius 2 is 2.19 bits per heavy atom. The number of piperidine rings is 1. The van der Waals surface area contributed by atoms with Crippen molar-refractivity contribution in [2.75, 3.05) is 19.7 Å². The summed E-state index contributed by atoms with van der Waals surface area (Å²) in [6.07, 6.45) is 4.99. The van der Waals surface area contributed by atoms with Gasteiger partial charge in [0, 0.05) is 25.6 Å². The maximum Gasteiger partial charge on any atom is 0.238 e. The van der Waals surface area contributed by atoms with Crippen LogP contribution in [0.1, 0.15) is 52.4 Å². The van der Waals surface area contributed by atoms with E-state index in [1.165, 1.54) is 0 Å². The molecule has 2 rings (SSSR count). The summed E-state index contributed by atoms with van der Waals surface area (Å²) in [4.78, 5) is 24.6. The molecule has 2 saturated heterocycles. The second-order valence-electron chi connectivity index (χ2n) is 7.78. The topological polar surface area (TPSA) is 103 Å². The van der Waals surface area contributed by atoms with E-state index in [9.17, 15) is 14.9 Å². The fraction of sp³-hybridized carbons (Fsp3) is 0.842. The van der Waals surface area contributed by atoms with Gasteiger partial charge in [-0.15, -0.1) is 0 Å². The summed E-state index contributed by atoms with van der Waals surface area (Å²) in [5, 5.41) is 18.4. The van der Waals surface area contributed by atoms with Crippen LogP contribution in [0, 0.1) is 23.2 Å². The van der Waals surface area contributed by atoms with E-state index in [2.05, 4.69) is 35.9 Å². The van der Waals surface area contributed by atoms with Crippen molar-refractivity contribution in [1.82, 2.24) is 16.0 Å². The van der Waals surface area contributed by atoms with Gasteiger partial charge in [-0.1, -0.05) is 13.8 Å². The molecule has 0 radical (unpaired) electrons. The Labute approximate surface area is 156 Å². The van der Waals surface area contributed by atoms with Crippen molar-refractivity contribution in [1.29, 1.82) is 5.26 Å². The molecule has 4 atom stereocenters. The Bertz CT molecular complexity index is 511. The van der Waals surface area contributed by atoms with E-state index >= 15 is 0 Å². The minimum absolute atomic E-state index is 0.0130. The number of nitrogens with one attached hydrogen (secondary N) is 3. The lowest BCUT2D eigenvalue weighted by atomic mass is 9.91. The van der Waals surface area contributed by atoms with Crippen LogP contribution >= 0.6 is 0 Å². The number of nitriles is 1. The Morgan fingerprint density at radius 1 is 1.38 bits per heavy atom. The van der Waals surface area contributed by atoms with Gasteiger partial charge in [0.2, 0.25) is 11.8 Å². The molecule has 2 fully saturated rings. The highest BCUT2D eigenvalue weighted by Gasteiger charge is 2.29. The fourth-order valence-electron chi connectivity index (χ4n) is 3.59. The number of nitrogens with zero attached hydrogens (tertiary/aromatic N) is 1. The molecular formula is C19H32N4O3.